The molecule has 0 atom stereocenters. The number of aromatic nitrogens is 2. The first kappa shape index (κ1) is 12.0. The van der Waals surface area contributed by atoms with E-state index < -0.39 is 0 Å². The van der Waals surface area contributed by atoms with Gasteiger partial charge in [0, 0.05) is 18.0 Å². The van der Waals surface area contributed by atoms with Gasteiger partial charge in [0.05, 0.1) is 0 Å². The molecular weight excluding hydrogens is 246 g/mol. The van der Waals surface area contributed by atoms with Crippen molar-refractivity contribution in [2.45, 2.75) is 37.6 Å². The molecule has 1 aliphatic carbocycles. The molecule has 0 unspecified atom stereocenters. The number of rotatable bonds is 4. The second-order valence-electron chi connectivity index (χ2n) is 4.95. The Morgan fingerprint density at radius 2 is 1.83 bits per heavy atom. The Morgan fingerprint density at radius 1 is 1.11 bits per heavy atom. The van der Waals surface area contributed by atoms with Crippen LogP contribution in [0.4, 0.5) is 11.6 Å². The third-order valence-electron chi connectivity index (χ3n) is 3.41. The SMILES string of the molecule is NNc1cc(NC2CCSCC2)nc(C2CC2)n1. The van der Waals surface area contributed by atoms with Crippen LogP contribution in [0.3, 0.4) is 0 Å². The minimum absolute atomic E-state index is 0.541. The molecule has 5 nitrogen and oxygen atoms in total. The van der Waals surface area contributed by atoms with E-state index >= 15 is 0 Å². The molecule has 18 heavy (non-hydrogen) atoms. The van der Waals surface area contributed by atoms with Crippen LogP contribution >= 0.6 is 11.8 Å². The Balaban J connectivity index is 1.74. The Kier molecular flexibility index (Phi) is 3.56. The Morgan fingerprint density at radius 3 is 2.50 bits per heavy atom. The van der Waals surface area contributed by atoms with Gasteiger partial charge in [0.1, 0.15) is 17.5 Å². The molecule has 2 aliphatic rings. The molecule has 0 aromatic carbocycles. The first-order valence-corrected chi connectivity index (χ1v) is 7.70. The second-order valence-corrected chi connectivity index (χ2v) is 6.17. The zero-order chi connectivity index (χ0) is 12.4. The van der Waals surface area contributed by atoms with Crippen molar-refractivity contribution in [1.29, 1.82) is 0 Å². The minimum Gasteiger partial charge on any atom is -0.367 e. The van der Waals surface area contributed by atoms with Gasteiger partial charge in [-0.3, -0.25) is 0 Å². The summed E-state index contributed by atoms with van der Waals surface area (Å²) in [6, 6.07) is 2.44. The van der Waals surface area contributed by atoms with Gasteiger partial charge >= 0.3 is 0 Å². The Labute approximate surface area is 111 Å². The van der Waals surface area contributed by atoms with E-state index in [2.05, 4.69) is 20.7 Å². The van der Waals surface area contributed by atoms with E-state index in [1.165, 1.54) is 37.2 Å². The average Bonchev–Trinajstić information content (AvgIpc) is 3.24. The van der Waals surface area contributed by atoms with Crippen molar-refractivity contribution in [2.24, 2.45) is 5.84 Å². The van der Waals surface area contributed by atoms with Crippen molar-refractivity contribution < 1.29 is 0 Å². The summed E-state index contributed by atoms with van der Waals surface area (Å²) < 4.78 is 0. The van der Waals surface area contributed by atoms with E-state index in [9.17, 15) is 0 Å². The number of nitrogen functional groups attached to an aromatic ring is 1. The van der Waals surface area contributed by atoms with Gasteiger partial charge < -0.3 is 10.7 Å². The summed E-state index contributed by atoms with van der Waals surface area (Å²) in [5.41, 5.74) is 2.63. The third kappa shape index (κ3) is 2.87. The molecule has 3 rings (SSSR count). The highest BCUT2D eigenvalue weighted by Crippen LogP contribution is 2.38. The summed E-state index contributed by atoms with van der Waals surface area (Å²) in [6.07, 6.45) is 4.82. The van der Waals surface area contributed by atoms with Crippen LogP contribution < -0.4 is 16.6 Å². The lowest BCUT2D eigenvalue weighted by Gasteiger charge is -2.23. The zero-order valence-corrected chi connectivity index (χ0v) is 11.2. The summed E-state index contributed by atoms with van der Waals surface area (Å²) in [6.45, 7) is 0. The summed E-state index contributed by atoms with van der Waals surface area (Å²) in [5, 5.41) is 3.52. The molecule has 6 heteroatoms. The molecule has 0 amide bonds. The molecule has 0 radical (unpaired) electrons. The van der Waals surface area contributed by atoms with Gasteiger partial charge in [0.15, 0.2) is 0 Å². The minimum atomic E-state index is 0.541. The van der Waals surface area contributed by atoms with E-state index in [1.54, 1.807) is 0 Å². The quantitative estimate of drug-likeness (QED) is 0.570. The normalized spacial score (nSPS) is 20.7. The molecule has 2 heterocycles. The van der Waals surface area contributed by atoms with Crippen molar-refractivity contribution in [3.8, 4) is 0 Å². The molecule has 1 aromatic heterocycles. The fourth-order valence-electron chi connectivity index (χ4n) is 2.19. The van der Waals surface area contributed by atoms with Gasteiger partial charge in [-0.1, -0.05) is 0 Å². The van der Waals surface area contributed by atoms with Gasteiger partial charge in [0.25, 0.3) is 0 Å². The van der Waals surface area contributed by atoms with Crippen molar-refractivity contribution in [1.82, 2.24) is 9.97 Å². The summed E-state index contributed by atoms with van der Waals surface area (Å²) in [4.78, 5) is 9.03. The van der Waals surface area contributed by atoms with Crippen molar-refractivity contribution in [3.63, 3.8) is 0 Å². The molecule has 2 fully saturated rings. The van der Waals surface area contributed by atoms with Crippen LogP contribution in [-0.2, 0) is 0 Å². The molecule has 0 spiro atoms. The predicted octanol–water partition coefficient (Wildman–Crippen LogP) is 1.95. The number of nitrogens with two attached hydrogens (primary N) is 1. The van der Waals surface area contributed by atoms with Gasteiger partial charge in [0.2, 0.25) is 0 Å². The van der Waals surface area contributed by atoms with E-state index in [-0.39, 0.29) is 0 Å². The third-order valence-corrected chi connectivity index (χ3v) is 4.46. The highest BCUT2D eigenvalue weighted by Gasteiger charge is 2.27. The molecule has 0 bridgehead atoms. The maximum Gasteiger partial charge on any atom is 0.145 e. The highest BCUT2D eigenvalue weighted by atomic mass is 32.2. The summed E-state index contributed by atoms with van der Waals surface area (Å²) in [7, 11) is 0. The van der Waals surface area contributed by atoms with Gasteiger partial charge in [-0.2, -0.15) is 11.8 Å². The zero-order valence-electron chi connectivity index (χ0n) is 10.4. The molecule has 1 saturated heterocycles. The lowest BCUT2D eigenvalue weighted by molar-refractivity contribution is 0.662. The maximum atomic E-state index is 5.47. The molecule has 1 saturated carbocycles. The lowest BCUT2D eigenvalue weighted by Crippen LogP contribution is -2.25. The van der Waals surface area contributed by atoms with Gasteiger partial charge in [-0.15, -0.1) is 0 Å². The maximum absolute atomic E-state index is 5.47. The fraction of sp³-hybridized carbons (Fsp3) is 0.667. The summed E-state index contributed by atoms with van der Waals surface area (Å²) >= 11 is 2.03. The second kappa shape index (κ2) is 5.32. The highest BCUT2D eigenvalue weighted by molar-refractivity contribution is 7.99. The number of hydrazine groups is 1. The van der Waals surface area contributed by atoms with E-state index in [0.717, 1.165) is 11.6 Å². The number of anilines is 2. The van der Waals surface area contributed by atoms with Crippen LogP contribution in [0.1, 0.15) is 37.4 Å². The number of nitrogens with one attached hydrogen (secondary N) is 2. The van der Waals surface area contributed by atoms with E-state index in [1.807, 2.05) is 17.8 Å². The Hall–Kier alpha value is -1.01. The molecular formula is C12H19N5S. The number of hydrogen-bond acceptors (Lipinski definition) is 6. The molecule has 1 aromatic rings. The largest absolute Gasteiger partial charge is 0.367 e. The van der Waals surface area contributed by atoms with Crippen LogP contribution in [0.2, 0.25) is 0 Å². The van der Waals surface area contributed by atoms with Crippen molar-refractivity contribution in [3.05, 3.63) is 11.9 Å². The lowest BCUT2D eigenvalue weighted by atomic mass is 10.1. The first-order chi connectivity index (χ1) is 8.85. The van der Waals surface area contributed by atoms with Crippen LogP contribution in [0.5, 0.6) is 0 Å². The Bertz CT molecular complexity index is 415. The van der Waals surface area contributed by atoms with E-state index in [4.69, 9.17) is 5.84 Å². The number of hydrogen-bond donors (Lipinski definition) is 3. The van der Waals surface area contributed by atoms with Crippen LogP contribution in [0.25, 0.3) is 0 Å². The van der Waals surface area contributed by atoms with Crippen molar-refractivity contribution >= 4 is 23.4 Å². The molecule has 98 valence electrons. The average molecular weight is 265 g/mol. The van der Waals surface area contributed by atoms with Crippen LogP contribution in [0.15, 0.2) is 6.07 Å². The van der Waals surface area contributed by atoms with Gasteiger partial charge in [-0.25, -0.2) is 15.8 Å². The fourth-order valence-corrected chi connectivity index (χ4v) is 3.30. The molecule has 4 N–H and O–H groups in total. The standard InChI is InChI=1S/C12H19N5S/c13-17-11-7-10(14-9-3-5-18-6-4-9)15-12(16-11)8-1-2-8/h7-9H,1-6,13H2,(H2,14,15,16,17). The topological polar surface area (TPSA) is 75.9 Å². The predicted molar refractivity (Wildman–Crippen MR) is 75.8 cm³/mol. The monoisotopic (exact) mass is 265 g/mol. The summed E-state index contributed by atoms with van der Waals surface area (Å²) in [5.74, 6) is 11.0. The van der Waals surface area contributed by atoms with Crippen LogP contribution in [-0.4, -0.2) is 27.5 Å². The first-order valence-electron chi connectivity index (χ1n) is 6.55. The van der Waals surface area contributed by atoms with E-state index in [0.29, 0.717) is 17.8 Å². The van der Waals surface area contributed by atoms with Crippen molar-refractivity contribution in [2.75, 3.05) is 22.2 Å². The van der Waals surface area contributed by atoms with Crippen LogP contribution in [0, 0.1) is 0 Å². The van der Waals surface area contributed by atoms with Gasteiger partial charge in [-0.05, 0) is 37.2 Å². The number of nitrogens with zero attached hydrogens (tertiary/aromatic N) is 2. The molecule has 1 aliphatic heterocycles. The smallest absolute Gasteiger partial charge is 0.145 e. The number of thioether (sulfide) groups is 1.